The Morgan fingerprint density at radius 3 is 2.03 bits per heavy atom. The van der Waals surface area contributed by atoms with Crippen LogP contribution in [0, 0.1) is 6.92 Å². The van der Waals surface area contributed by atoms with E-state index >= 15 is 0 Å². The molecule has 6 nitrogen and oxygen atoms in total. The van der Waals surface area contributed by atoms with Gasteiger partial charge in [-0.15, -0.1) is 0 Å². The number of halogens is 3. The number of rotatable bonds is 3. The average molecular weight is 455 g/mol. The third kappa shape index (κ3) is 4.67. The molecule has 33 heavy (non-hydrogen) atoms. The zero-order chi connectivity index (χ0) is 23.6. The number of alkyl halides is 3. The molecule has 0 bridgehead atoms. The molecule has 0 saturated heterocycles. The quantitative estimate of drug-likeness (QED) is 0.257. The van der Waals surface area contributed by atoms with Gasteiger partial charge < -0.3 is 14.2 Å². The Morgan fingerprint density at radius 1 is 0.758 bits per heavy atom. The molecule has 0 aliphatic carbocycles. The van der Waals surface area contributed by atoms with Gasteiger partial charge in [0.15, 0.2) is 0 Å². The summed E-state index contributed by atoms with van der Waals surface area (Å²) < 4.78 is 54.9. The van der Waals surface area contributed by atoms with Gasteiger partial charge in [-0.25, -0.2) is 14.2 Å². The maximum atomic E-state index is 12.9. The van der Waals surface area contributed by atoms with Crippen molar-refractivity contribution in [1.82, 2.24) is 4.57 Å². The summed E-state index contributed by atoms with van der Waals surface area (Å²) in [4.78, 5) is 25.3. The van der Waals surface area contributed by atoms with Crippen LogP contribution in [0.2, 0.25) is 0 Å². The highest BCUT2D eigenvalue weighted by Crippen LogP contribution is 2.33. The van der Waals surface area contributed by atoms with Crippen molar-refractivity contribution in [3.05, 3.63) is 90.0 Å². The van der Waals surface area contributed by atoms with Crippen LogP contribution in [0.5, 0.6) is 17.4 Å². The molecule has 1 heterocycles. The molecule has 9 heteroatoms. The molecule has 0 radical (unpaired) electrons. The van der Waals surface area contributed by atoms with Crippen LogP contribution in [0.1, 0.15) is 11.1 Å². The number of fused-ring (bicyclic) bond motifs is 1. The van der Waals surface area contributed by atoms with Crippen LogP contribution < -0.4 is 14.2 Å². The van der Waals surface area contributed by atoms with E-state index in [0.29, 0.717) is 16.5 Å². The third-order valence-electron chi connectivity index (χ3n) is 4.77. The molecule has 0 unspecified atom stereocenters. The standard InChI is InChI=1S/C24H16F3NO5/c1-15-19-9-5-6-10-20(19)28(22(29)31-17-7-3-2-4-8-17)21(15)33-23(30)32-18-13-11-16(12-14-18)24(25,26)27/h2-14H,1H3. The van der Waals surface area contributed by atoms with Gasteiger partial charge in [0.2, 0.25) is 5.88 Å². The topological polar surface area (TPSA) is 66.8 Å². The number of carbonyl (C=O) groups is 2. The van der Waals surface area contributed by atoms with Crippen LogP contribution in [0.4, 0.5) is 22.8 Å². The van der Waals surface area contributed by atoms with Crippen LogP contribution >= 0.6 is 0 Å². The molecule has 0 fully saturated rings. The van der Waals surface area contributed by atoms with Gasteiger partial charge in [0, 0.05) is 10.9 Å². The Labute approximate surface area is 185 Å². The highest BCUT2D eigenvalue weighted by molar-refractivity contribution is 5.96. The van der Waals surface area contributed by atoms with Crippen molar-refractivity contribution in [3.8, 4) is 17.4 Å². The minimum absolute atomic E-state index is 0.131. The smallest absolute Gasteiger partial charge is 0.410 e. The van der Waals surface area contributed by atoms with Crippen LogP contribution in [0.15, 0.2) is 78.9 Å². The first kappa shape index (κ1) is 21.9. The Kier molecular flexibility index (Phi) is 5.78. The second-order valence-corrected chi connectivity index (χ2v) is 6.94. The van der Waals surface area contributed by atoms with Gasteiger partial charge in [-0.3, -0.25) is 0 Å². The molecule has 0 amide bonds. The summed E-state index contributed by atoms with van der Waals surface area (Å²) in [5.74, 6) is 0.00503. The number of carbonyl (C=O) groups excluding carboxylic acids is 2. The monoisotopic (exact) mass is 455 g/mol. The molecular weight excluding hydrogens is 439 g/mol. The van der Waals surface area contributed by atoms with E-state index in [1.54, 1.807) is 61.5 Å². The Morgan fingerprint density at radius 2 is 1.36 bits per heavy atom. The van der Waals surface area contributed by atoms with E-state index in [0.717, 1.165) is 28.8 Å². The van der Waals surface area contributed by atoms with E-state index in [4.69, 9.17) is 14.2 Å². The molecule has 4 aromatic rings. The summed E-state index contributed by atoms with van der Waals surface area (Å²) in [6.07, 6.45) is -6.56. The lowest BCUT2D eigenvalue weighted by Gasteiger charge is -2.11. The molecule has 1 aromatic heterocycles. The van der Waals surface area contributed by atoms with Crippen molar-refractivity contribution in [2.45, 2.75) is 13.1 Å². The Bertz CT molecular complexity index is 1310. The number of para-hydroxylation sites is 2. The van der Waals surface area contributed by atoms with Gasteiger partial charge in [-0.05, 0) is 49.4 Å². The summed E-state index contributed by atoms with van der Waals surface area (Å²) >= 11 is 0. The van der Waals surface area contributed by atoms with Crippen LogP contribution in [-0.4, -0.2) is 16.8 Å². The van der Waals surface area contributed by atoms with Crippen LogP contribution in [0.25, 0.3) is 10.9 Å². The first-order valence-corrected chi connectivity index (χ1v) is 9.68. The van der Waals surface area contributed by atoms with Crippen molar-refractivity contribution >= 4 is 23.2 Å². The molecule has 4 rings (SSSR count). The van der Waals surface area contributed by atoms with E-state index in [2.05, 4.69) is 0 Å². The van der Waals surface area contributed by atoms with E-state index in [1.165, 1.54) is 0 Å². The maximum Gasteiger partial charge on any atom is 0.520 e. The van der Waals surface area contributed by atoms with E-state index in [-0.39, 0.29) is 17.4 Å². The predicted octanol–water partition coefficient (Wildman–Crippen LogP) is 6.59. The number of nitrogens with zero attached hydrogens (tertiary/aromatic N) is 1. The third-order valence-corrected chi connectivity index (χ3v) is 4.77. The van der Waals surface area contributed by atoms with Gasteiger partial charge in [0.1, 0.15) is 11.5 Å². The minimum atomic E-state index is -4.52. The van der Waals surface area contributed by atoms with Crippen molar-refractivity contribution < 1.29 is 37.0 Å². The van der Waals surface area contributed by atoms with Gasteiger partial charge in [-0.2, -0.15) is 13.2 Å². The summed E-state index contributed by atoms with van der Waals surface area (Å²) in [7, 11) is 0. The highest BCUT2D eigenvalue weighted by atomic mass is 19.4. The van der Waals surface area contributed by atoms with E-state index in [9.17, 15) is 22.8 Å². The molecule has 0 saturated carbocycles. The van der Waals surface area contributed by atoms with Gasteiger partial charge >= 0.3 is 18.4 Å². The fourth-order valence-electron chi connectivity index (χ4n) is 3.22. The SMILES string of the molecule is Cc1c(OC(=O)Oc2ccc(C(F)(F)F)cc2)n(C(=O)Oc2ccccc2)c2ccccc12. The van der Waals surface area contributed by atoms with E-state index < -0.39 is 24.0 Å². The van der Waals surface area contributed by atoms with Crippen molar-refractivity contribution in [3.63, 3.8) is 0 Å². The molecular formula is C24H16F3NO5. The van der Waals surface area contributed by atoms with E-state index in [1.807, 2.05) is 0 Å². The average Bonchev–Trinajstić information content (AvgIpc) is 3.06. The zero-order valence-corrected chi connectivity index (χ0v) is 17.1. The number of aryl methyl sites for hydroxylation is 1. The molecule has 0 N–H and O–H groups in total. The summed E-state index contributed by atoms with van der Waals surface area (Å²) in [5.41, 5.74) is 0.0242. The molecule has 3 aromatic carbocycles. The summed E-state index contributed by atoms with van der Waals surface area (Å²) in [5, 5.41) is 0.639. The van der Waals surface area contributed by atoms with Gasteiger partial charge in [0.05, 0.1) is 11.1 Å². The van der Waals surface area contributed by atoms with Crippen LogP contribution in [0.3, 0.4) is 0 Å². The second-order valence-electron chi connectivity index (χ2n) is 6.94. The lowest BCUT2D eigenvalue weighted by atomic mass is 10.2. The number of aromatic nitrogens is 1. The molecule has 0 aliphatic rings. The molecule has 168 valence electrons. The molecule has 0 aliphatic heterocycles. The number of ether oxygens (including phenoxy) is 3. The fraction of sp³-hybridized carbons (Fsp3) is 0.0833. The first-order valence-electron chi connectivity index (χ1n) is 9.68. The normalized spacial score (nSPS) is 11.3. The van der Waals surface area contributed by atoms with Crippen molar-refractivity contribution in [2.75, 3.05) is 0 Å². The van der Waals surface area contributed by atoms with Gasteiger partial charge in [-0.1, -0.05) is 36.4 Å². The largest absolute Gasteiger partial charge is 0.520 e. The predicted molar refractivity (Wildman–Crippen MR) is 113 cm³/mol. The molecule has 0 spiro atoms. The number of hydrogen-bond donors (Lipinski definition) is 0. The Balaban J connectivity index is 1.61. The summed E-state index contributed by atoms with van der Waals surface area (Å²) in [6, 6.07) is 18.7. The fourth-order valence-corrected chi connectivity index (χ4v) is 3.22. The highest BCUT2D eigenvalue weighted by Gasteiger charge is 2.30. The first-order chi connectivity index (χ1) is 15.7. The summed E-state index contributed by atoms with van der Waals surface area (Å²) in [6.45, 7) is 1.65. The minimum Gasteiger partial charge on any atom is -0.410 e. The van der Waals surface area contributed by atoms with Gasteiger partial charge in [0.25, 0.3) is 0 Å². The number of benzene rings is 3. The maximum absolute atomic E-state index is 12.9. The molecule has 0 atom stereocenters. The van der Waals surface area contributed by atoms with Crippen molar-refractivity contribution in [2.24, 2.45) is 0 Å². The number of hydrogen-bond acceptors (Lipinski definition) is 5. The van der Waals surface area contributed by atoms with Crippen LogP contribution in [-0.2, 0) is 6.18 Å². The Hall–Kier alpha value is -4.27. The lowest BCUT2D eigenvalue weighted by Crippen LogP contribution is -2.22. The lowest BCUT2D eigenvalue weighted by molar-refractivity contribution is -0.137. The second kappa shape index (κ2) is 8.70. The van der Waals surface area contributed by atoms with Crippen molar-refractivity contribution in [1.29, 1.82) is 0 Å². The zero-order valence-electron chi connectivity index (χ0n) is 17.1.